The van der Waals surface area contributed by atoms with Gasteiger partial charge in [0.2, 0.25) is 0 Å². The van der Waals surface area contributed by atoms with Crippen molar-refractivity contribution in [1.29, 1.82) is 0 Å². The van der Waals surface area contributed by atoms with Crippen molar-refractivity contribution in [2.45, 2.75) is 32.2 Å². The van der Waals surface area contributed by atoms with E-state index in [1.807, 2.05) is 0 Å². The lowest BCUT2D eigenvalue weighted by Crippen LogP contribution is -2.32. The van der Waals surface area contributed by atoms with Gasteiger partial charge in [0.15, 0.2) is 12.0 Å². The maximum absolute atomic E-state index is 10.5. The molecule has 82 valence electrons. The standard InChI is InChI=1S/C11H16N2O2/c1-2-13-6-4-3-5-10(13)11-7-9(8-14)12-15-11/h7-8,10H,2-6H2,1H3. The molecule has 1 unspecified atom stereocenters. The molecule has 1 aromatic rings. The van der Waals surface area contributed by atoms with Gasteiger partial charge in [0.25, 0.3) is 0 Å². The average molecular weight is 208 g/mol. The van der Waals surface area contributed by atoms with Crippen LogP contribution in [0, 0.1) is 0 Å². The minimum absolute atomic E-state index is 0.310. The third-order valence-corrected chi connectivity index (χ3v) is 3.02. The summed E-state index contributed by atoms with van der Waals surface area (Å²) in [6, 6.07) is 2.07. The van der Waals surface area contributed by atoms with E-state index < -0.39 is 0 Å². The molecular weight excluding hydrogens is 192 g/mol. The Morgan fingerprint density at radius 2 is 2.53 bits per heavy atom. The minimum Gasteiger partial charge on any atom is -0.359 e. The Labute approximate surface area is 89.2 Å². The van der Waals surface area contributed by atoms with Gasteiger partial charge in [-0.05, 0) is 25.9 Å². The first-order valence-electron chi connectivity index (χ1n) is 5.51. The van der Waals surface area contributed by atoms with Crippen LogP contribution in [0.2, 0.25) is 0 Å². The Kier molecular flexibility index (Phi) is 3.16. The molecule has 1 aliphatic heterocycles. The SMILES string of the molecule is CCN1CCCCC1c1cc(C=O)no1. The Hall–Kier alpha value is -1.16. The second kappa shape index (κ2) is 4.57. The number of rotatable bonds is 3. The van der Waals surface area contributed by atoms with Gasteiger partial charge < -0.3 is 4.52 Å². The van der Waals surface area contributed by atoms with Crippen LogP contribution in [0.3, 0.4) is 0 Å². The molecule has 2 heterocycles. The van der Waals surface area contributed by atoms with E-state index >= 15 is 0 Å². The lowest BCUT2D eigenvalue weighted by atomic mass is 10.00. The largest absolute Gasteiger partial charge is 0.359 e. The van der Waals surface area contributed by atoms with Crippen molar-refractivity contribution in [2.75, 3.05) is 13.1 Å². The average Bonchev–Trinajstić information content (AvgIpc) is 2.77. The van der Waals surface area contributed by atoms with Gasteiger partial charge in [-0.3, -0.25) is 9.69 Å². The molecule has 15 heavy (non-hydrogen) atoms. The van der Waals surface area contributed by atoms with Gasteiger partial charge in [0.05, 0.1) is 6.04 Å². The fourth-order valence-corrected chi connectivity index (χ4v) is 2.21. The van der Waals surface area contributed by atoms with E-state index in [4.69, 9.17) is 4.52 Å². The van der Waals surface area contributed by atoms with Crippen molar-refractivity contribution in [1.82, 2.24) is 10.1 Å². The van der Waals surface area contributed by atoms with E-state index in [-0.39, 0.29) is 0 Å². The van der Waals surface area contributed by atoms with Crippen LogP contribution >= 0.6 is 0 Å². The van der Waals surface area contributed by atoms with Crippen molar-refractivity contribution >= 4 is 6.29 Å². The van der Waals surface area contributed by atoms with Crippen molar-refractivity contribution in [3.63, 3.8) is 0 Å². The third-order valence-electron chi connectivity index (χ3n) is 3.02. The van der Waals surface area contributed by atoms with Gasteiger partial charge in [-0.2, -0.15) is 0 Å². The van der Waals surface area contributed by atoms with Crippen LogP contribution in [0.1, 0.15) is 48.5 Å². The lowest BCUT2D eigenvalue weighted by molar-refractivity contribution is 0.111. The summed E-state index contributed by atoms with van der Waals surface area (Å²) < 4.78 is 5.20. The summed E-state index contributed by atoms with van der Waals surface area (Å²) in [7, 11) is 0. The first kappa shape index (κ1) is 10.4. The molecule has 1 atom stereocenters. The molecule has 4 heteroatoms. The minimum atomic E-state index is 0.310. The topological polar surface area (TPSA) is 46.3 Å². The zero-order chi connectivity index (χ0) is 10.7. The summed E-state index contributed by atoms with van der Waals surface area (Å²) in [5, 5.41) is 3.71. The van der Waals surface area contributed by atoms with Crippen LogP contribution in [0.5, 0.6) is 0 Å². The highest BCUT2D eigenvalue weighted by molar-refractivity contribution is 5.71. The molecule has 1 aliphatic rings. The highest BCUT2D eigenvalue weighted by Gasteiger charge is 2.25. The second-order valence-corrected chi connectivity index (χ2v) is 3.91. The molecule has 0 amide bonds. The van der Waals surface area contributed by atoms with Crippen LogP contribution in [0.25, 0.3) is 0 Å². The van der Waals surface area contributed by atoms with Crippen LogP contribution in [0.4, 0.5) is 0 Å². The molecule has 2 rings (SSSR count). The first-order chi connectivity index (χ1) is 7.35. The van der Waals surface area contributed by atoms with E-state index in [0.717, 1.165) is 31.6 Å². The van der Waals surface area contributed by atoms with E-state index in [9.17, 15) is 4.79 Å². The monoisotopic (exact) mass is 208 g/mol. The van der Waals surface area contributed by atoms with Gasteiger partial charge >= 0.3 is 0 Å². The summed E-state index contributed by atoms with van der Waals surface area (Å²) in [5.74, 6) is 0.832. The Balaban J connectivity index is 2.16. The van der Waals surface area contributed by atoms with Crippen LogP contribution < -0.4 is 0 Å². The van der Waals surface area contributed by atoms with Gasteiger partial charge in [0.1, 0.15) is 5.69 Å². The molecule has 0 N–H and O–H groups in total. The predicted octanol–water partition coefficient (Wildman–Crippen LogP) is 2.03. The Morgan fingerprint density at radius 3 is 3.20 bits per heavy atom. The molecule has 1 fully saturated rings. The maximum Gasteiger partial charge on any atom is 0.171 e. The van der Waals surface area contributed by atoms with Gasteiger partial charge in [0, 0.05) is 6.07 Å². The fraction of sp³-hybridized carbons (Fsp3) is 0.636. The van der Waals surface area contributed by atoms with E-state index in [0.29, 0.717) is 11.7 Å². The summed E-state index contributed by atoms with van der Waals surface area (Å²) >= 11 is 0. The maximum atomic E-state index is 10.5. The third kappa shape index (κ3) is 2.09. The predicted molar refractivity (Wildman–Crippen MR) is 55.7 cm³/mol. The fourth-order valence-electron chi connectivity index (χ4n) is 2.21. The van der Waals surface area contributed by atoms with Crippen molar-refractivity contribution in [3.8, 4) is 0 Å². The molecular formula is C11H16N2O2. The number of nitrogens with zero attached hydrogens (tertiary/aromatic N) is 2. The quantitative estimate of drug-likeness (QED) is 0.713. The molecule has 4 nitrogen and oxygen atoms in total. The van der Waals surface area contributed by atoms with E-state index in [1.54, 1.807) is 6.07 Å². The summed E-state index contributed by atoms with van der Waals surface area (Å²) in [6.07, 6.45) is 4.30. The lowest BCUT2D eigenvalue weighted by Gasteiger charge is -2.32. The number of hydrogen-bond acceptors (Lipinski definition) is 4. The van der Waals surface area contributed by atoms with Crippen molar-refractivity contribution in [3.05, 3.63) is 17.5 Å². The highest BCUT2D eigenvalue weighted by atomic mass is 16.5. The number of carbonyl (C=O) groups is 1. The van der Waals surface area contributed by atoms with Crippen LogP contribution in [-0.2, 0) is 0 Å². The molecule has 0 aromatic carbocycles. The number of likely N-dealkylation sites (tertiary alicyclic amines) is 1. The van der Waals surface area contributed by atoms with Crippen molar-refractivity contribution < 1.29 is 9.32 Å². The van der Waals surface area contributed by atoms with Gasteiger partial charge in [-0.25, -0.2) is 0 Å². The summed E-state index contributed by atoms with van der Waals surface area (Å²) in [6.45, 7) is 4.27. The molecule has 0 radical (unpaired) electrons. The molecule has 0 aliphatic carbocycles. The highest BCUT2D eigenvalue weighted by Crippen LogP contribution is 2.30. The number of aldehydes is 1. The zero-order valence-electron chi connectivity index (χ0n) is 8.98. The van der Waals surface area contributed by atoms with Gasteiger partial charge in [-0.15, -0.1) is 0 Å². The summed E-state index contributed by atoms with van der Waals surface area (Å²) in [4.78, 5) is 12.9. The smallest absolute Gasteiger partial charge is 0.171 e. The van der Waals surface area contributed by atoms with E-state index in [1.165, 1.54) is 12.8 Å². The van der Waals surface area contributed by atoms with Crippen molar-refractivity contribution in [2.24, 2.45) is 0 Å². The summed E-state index contributed by atoms with van der Waals surface area (Å²) in [5.41, 5.74) is 0.395. The number of hydrogen-bond donors (Lipinski definition) is 0. The van der Waals surface area contributed by atoms with Gasteiger partial charge in [-0.1, -0.05) is 18.5 Å². The Morgan fingerprint density at radius 1 is 1.67 bits per heavy atom. The zero-order valence-corrected chi connectivity index (χ0v) is 8.98. The number of carbonyl (C=O) groups excluding carboxylic acids is 1. The molecule has 0 saturated carbocycles. The normalized spacial score (nSPS) is 22.9. The van der Waals surface area contributed by atoms with Crippen LogP contribution in [0.15, 0.2) is 10.6 Å². The molecule has 0 spiro atoms. The number of piperidine rings is 1. The molecule has 0 bridgehead atoms. The number of aromatic nitrogens is 1. The van der Waals surface area contributed by atoms with E-state index in [2.05, 4.69) is 17.0 Å². The first-order valence-corrected chi connectivity index (χ1v) is 5.51. The van der Waals surface area contributed by atoms with Crippen LogP contribution in [-0.4, -0.2) is 29.4 Å². The molecule has 1 aromatic heterocycles. The second-order valence-electron chi connectivity index (χ2n) is 3.91. The Bertz CT molecular complexity index is 335. The molecule has 1 saturated heterocycles.